The van der Waals surface area contributed by atoms with Gasteiger partial charge >= 0.3 is 0 Å². The maximum Gasteiger partial charge on any atom is 0.200 e. The summed E-state index contributed by atoms with van der Waals surface area (Å²) in [6.07, 6.45) is 2.81. The van der Waals surface area contributed by atoms with Crippen molar-refractivity contribution in [1.29, 1.82) is 0 Å². The fourth-order valence-electron chi connectivity index (χ4n) is 4.82. The normalized spacial score (nSPS) is 23.0. The third-order valence-corrected chi connectivity index (χ3v) is 6.41. The van der Waals surface area contributed by atoms with E-state index >= 15 is 0 Å². The van der Waals surface area contributed by atoms with E-state index in [0.29, 0.717) is 0 Å². The summed E-state index contributed by atoms with van der Waals surface area (Å²) in [5.74, 6) is 1.90. The van der Waals surface area contributed by atoms with Crippen LogP contribution in [0.25, 0.3) is 0 Å². The van der Waals surface area contributed by atoms with E-state index in [9.17, 15) is 0 Å². The van der Waals surface area contributed by atoms with Crippen LogP contribution < -0.4 is 9.47 Å². The molecule has 0 saturated carbocycles. The molecule has 3 aliphatic rings. The summed E-state index contributed by atoms with van der Waals surface area (Å²) in [5, 5.41) is 7.41. The Labute approximate surface area is 166 Å². The van der Waals surface area contributed by atoms with Crippen LogP contribution >= 0.6 is 0 Å². The first-order valence-electron chi connectivity index (χ1n) is 10.2. The van der Waals surface area contributed by atoms with E-state index in [0.717, 1.165) is 61.7 Å². The fourth-order valence-corrected chi connectivity index (χ4v) is 4.82. The number of hydrogen-bond acceptors (Lipinski definition) is 5. The zero-order valence-electron chi connectivity index (χ0n) is 16.6. The van der Waals surface area contributed by atoms with Crippen LogP contribution in [0.2, 0.25) is 0 Å². The number of rotatable bonds is 3. The molecule has 0 radical (unpaired) electrons. The molecule has 5 rings (SSSR count). The number of hydrazone groups is 1. The van der Waals surface area contributed by atoms with Gasteiger partial charge in [-0.25, -0.2) is 5.01 Å². The lowest BCUT2D eigenvalue weighted by Crippen LogP contribution is -2.59. The molecule has 0 N–H and O–H groups in total. The van der Waals surface area contributed by atoms with Crippen LogP contribution in [-0.2, 0) is 0 Å². The average Bonchev–Trinajstić information content (AvgIpc) is 3.21. The lowest BCUT2D eigenvalue weighted by molar-refractivity contribution is -0.149. The molecule has 1 atom stereocenters. The second kappa shape index (κ2) is 6.82. The van der Waals surface area contributed by atoms with Gasteiger partial charge in [-0.15, -0.1) is 0 Å². The van der Waals surface area contributed by atoms with Crippen molar-refractivity contribution in [2.75, 3.05) is 26.7 Å². The number of benzene rings is 2. The molecule has 5 nitrogen and oxygen atoms in total. The van der Waals surface area contributed by atoms with Crippen LogP contribution in [0.4, 0.5) is 0 Å². The van der Waals surface area contributed by atoms with E-state index in [4.69, 9.17) is 14.6 Å². The van der Waals surface area contributed by atoms with Crippen LogP contribution in [0.15, 0.2) is 53.6 Å². The summed E-state index contributed by atoms with van der Waals surface area (Å²) in [4.78, 5) is 2.49. The van der Waals surface area contributed by atoms with Gasteiger partial charge in [-0.2, -0.15) is 5.10 Å². The van der Waals surface area contributed by atoms with E-state index in [1.807, 2.05) is 12.1 Å². The summed E-state index contributed by atoms with van der Waals surface area (Å²) in [7, 11) is 1.72. The van der Waals surface area contributed by atoms with E-state index in [1.54, 1.807) is 7.11 Å². The zero-order valence-corrected chi connectivity index (χ0v) is 16.6. The minimum Gasteiger partial charge on any atom is -0.496 e. The SMILES string of the molecule is CCN1CCC2(CC1)Oc1ccccc1C1CC(c3ccccc3OC)=NN12. The molecule has 28 heavy (non-hydrogen) atoms. The monoisotopic (exact) mass is 377 g/mol. The summed E-state index contributed by atoms with van der Waals surface area (Å²) >= 11 is 0. The van der Waals surface area contributed by atoms with Gasteiger partial charge in [0.25, 0.3) is 0 Å². The van der Waals surface area contributed by atoms with Crippen molar-refractivity contribution in [3.63, 3.8) is 0 Å². The number of ether oxygens (including phenoxy) is 2. The van der Waals surface area contributed by atoms with E-state index < -0.39 is 0 Å². The number of fused-ring (bicyclic) bond motifs is 4. The van der Waals surface area contributed by atoms with Crippen LogP contribution in [0.5, 0.6) is 11.5 Å². The third kappa shape index (κ3) is 2.68. The smallest absolute Gasteiger partial charge is 0.200 e. The molecule has 2 aromatic carbocycles. The minimum atomic E-state index is -0.353. The highest BCUT2D eigenvalue weighted by Crippen LogP contribution is 2.50. The number of likely N-dealkylation sites (tertiary alicyclic amines) is 1. The Balaban J connectivity index is 1.57. The molecule has 3 heterocycles. The highest BCUT2D eigenvalue weighted by Gasteiger charge is 2.51. The molecule has 2 aromatic rings. The molecule has 0 aliphatic carbocycles. The number of methoxy groups -OCH3 is 1. The lowest BCUT2D eigenvalue weighted by atomic mass is 9.90. The summed E-state index contributed by atoms with van der Waals surface area (Å²) in [6, 6.07) is 16.9. The Kier molecular flexibility index (Phi) is 4.27. The highest BCUT2D eigenvalue weighted by molar-refractivity contribution is 6.04. The number of piperidine rings is 1. The molecule has 1 saturated heterocycles. The van der Waals surface area contributed by atoms with Gasteiger partial charge in [0.15, 0.2) is 0 Å². The highest BCUT2D eigenvalue weighted by atomic mass is 16.5. The van der Waals surface area contributed by atoms with Crippen LogP contribution in [0, 0.1) is 0 Å². The van der Waals surface area contributed by atoms with Crippen molar-refractivity contribution in [3.05, 3.63) is 59.7 Å². The fraction of sp³-hybridized carbons (Fsp3) is 0.435. The average molecular weight is 377 g/mol. The largest absolute Gasteiger partial charge is 0.496 e. The van der Waals surface area contributed by atoms with Gasteiger partial charge in [-0.3, -0.25) is 0 Å². The molecule has 3 aliphatic heterocycles. The van der Waals surface area contributed by atoms with Gasteiger partial charge in [0, 0.05) is 43.5 Å². The molecule has 0 amide bonds. The van der Waals surface area contributed by atoms with E-state index in [2.05, 4.69) is 53.2 Å². The van der Waals surface area contributed by atoms with Gasteiger partial charge in [0.1, 0.15) is 11.5 Å². The number of hydrogen-bond donors (Lipinski definition) is 0. The Bertz CT molecular complexity index is 902. The molecule has 146 valence electrons. The molecule has 0 bridgehead atoms. The lowest BCUT2D eigenvalue weighted by Gasteiger charge is -2.51. The Morgan fingerprint density at radius 1 is 1.11 bits per heavy atom. The molecule has 1 unspecified atom stereocenters. The predicted molar refractivity (Wildman–Crippen MR) is 110 cm³/mol. The standard InChI is InChI=1S/C23H27N3O2/c1-3-25-14-12-23(13-15-25)26-20(18-9-5-7-11-22(18)28-23)16-19(24-26)17-8-4-6-10-21(17)27-2/h4-11,20H,3,12-16H2,1-2H3. The Morgan fingerprint density at radius 2 is 1.86 bits per heavy atom. The van der Waals surface area contributed by atoms with Crippen molar-refractivity contribution in [1.82, 2.24) is 9.91 Å². The van der Waals surface area contributed by atoms with Crippen LogP contribution in [0.1, 0.15) is 43.4 Å². The van der Waals surface area contributed by atoms with Gasteiger partial charge in [0.2, 0.25) is 5.72 Å². The maximum absolute atomic E-state index is 6.67. The van der Waals surface area contributed by atoms with E-state index in [-0.39, 0.29) is 11.8 Å². The van der Waals surface area contributed by atoms with Crippen LogP contribution in [-0.4, -0.2) is 48.1 Å². The van der Waals surface area contributed by atoms with Crippen molar-refractivity contribution < 1.29 is 9.47 Å². The molecule has 1 spiro atoms. The van der Waals surface area contributed by atoms with E-state index in [1.165, 1.54) is 5.56 Å². The first-order chi connectivity index (χ1) is 13.7. The molecule has 5 heteroatoms. The van der Waals surface area contributed by atoms with Gasteiger partial charge < -0.3 is 14.4 Å². The zero-order chi connectivity index (χ0) is 19.1. The Hall–Kier alpha value is -2.53. The second-order valence-corrected chi connectivity index (χ2v) is 7.83. The Morgan fingerprint density at radius 3 is 2.64 bits per heavy atom. The summed E-state index contributed by atoms with van der Waals surface area (Å²) < 4.78 is 12.3. The molecule has 1 fully saturated rings. The quantitative estimate of drug-likeness (QED) is 0.809. The molecule has 0 aromatic heterocycles. The van der Waals surface area contributed by atoms with Crippen molar-refractivity contribution in [2.45, 2.75) is 38.0 Å². The van der Waals surface area contributed by atoms with Crippen molar-refractivity contribution >= 4 is 5.71 Å². The second-order valence-electron chi connectivity index (χ2n) is 7.83. The van der Waals surface area contributed by atoms with Gasteiger partial charge in [-0.1, -0.05) is 37.3 Å². The predicted octanol–water partition coefficient (Wildman–Crippen LogP) is 4.05. The van der Waals surface area contributed by atoms with Gasteiger partial charge in [0.05, 0.1) is 18.9 Å². The van der Waals surface area contributed by atoms with Crippen LogP contribution in [0.3, 0.4) is 0 Å². The number of para-hydroxylation sites is 2. The first-order valence-corrected chi connectivity index (χ1v) is 10.2. The number of nitrogens with zero attached hydrogens (tertiary/aromatic N) is 3. The summed E-state index contributed by atoms with van der Waals surface area (Å²) in [5.41, 5.74) is 3.05. The molecular weight excluding hydrogens is 350 g/mol. The maximum atomic E-state index is 6.67. The van der Waals surface area contributed by atoms with Crippen molar-refractivity contribution in [2.24, 2.45) is 5.10 Å². The first kappa shape index (κ1) is 17.6. The molecular formula is C23H27N3O2. The minimum absolute atomic E-state index is 0.220. The topological polar surface area (TPSA) is 37.3 Å². The van der Waals surface area contributed by atoms with Gasteiger partial charge in [-0.05, 0) is 24.7 Å². The third-order valence-electron chi connectivity index (χ3n) is 6.41. The van der Waals surface area contributed by atoms with Crippen molar-refractivity contribution in [3.8, 4) is 11.5 Å². The summed E-state index contributed by atoms with van der Waals surface area (Å²) in [6.45, 7) is 5.40.